The van der Waals surface area contributed by atoms with E-state index in [-0.39, 0.29) is 0 Å². The van der Waals surface area contributed by atoms with Crippen LogP contribution < -0.4 is 5.73 Å². The molecule has 2 rings (SSSR count). The number of hydrogen-bond acceptors (Lipinski definition) is 4. The van der Waals surface area contributed by atoms with Crippen LogP contribution in [0.5, 0.6) is 0 Å². The van der Waals surface area contributed by atoms with E-state index in [4.69, 9.17) is 5.73 Å². The average molecular weight is 282 g/mol. The fraction of sp³-hybridized carbons (Fsp3) is 0.933. The van der Waals surface area contributed by atoms with E-state index in [1.165, 1.54) is 32.2 Å². The minimum atomic E-state index is 0.295. The highest BCUT2D eigenvalue weighted by molar-refractivity contribution is 5.78. The van der Waals surface area contributed by atoms with Gasteiger partial charge in [0.05, 0.1) is 6.54 Å². The second-order valence-corrected chi connectivity index (χ2v) is 6.20. The van der Waals surface area contributed by atoms with Crippen LogP contribution in [0.2, 0.25) is 0 Å². The van der Waals surface area contributed by atoms with Gasteiger partial charge in [0, 0.05) is 39.3 Å². The minimum absolute atomic E-state index is 0.295. The average Bonchev–Trinajstić information content (AvgIpc) is 3.29. The molecule has 2 N–H and O–H groups in total. The maximum atomic E-state index is 12.1. The topological polar surface area (TPSA) is 52.8 Å². The van der Waals surface area contributed by atoms with Gasteiger partial charge in [-0.15, -0.1) is 0 Å². The van der Waals surface area contributed by atoms with E-state index < -0.39 is 0 Å². The van der Waals surface area contributed by atoms with E-state index in [9.17, 15) is 4.79 Å². The lowest BCUT2D eigenvalue weighted by atomic mass is 10.2. The zero-order chi connectivity index (χ0) is 14.4. The van der Waals surface area contributed by atoms with E-state index in [0.717, 1.165) is 39.1 Å². The van der Waals surface area contributed by atoms with Gasteiger partial charge in [-0.05, 0) is 38.8 Å². The third-order valence-corrected chi connectivity index (χ3v) is 4.49. The molecule has 0 unspecified atom stereocenters. The molecule has 0 spiro atoms. The molecule has 1 amide bonds. The molecule has 2 aliphatic rings. The molecule has 1 saturated carbocycles. The number of unbranched alkanes of at least 4 members (excludes halogenated alkanes) is 2. The van der Waals surface area contributed by atoms with Gasteiger partial charge in [0.15, 0.2) is 0 Å². The Bertz CT molecular complexity index is 298. The first-order chi connectivity index (χ1) is 9.70. The van der Waals surface area contributed by atoms with Crippen LogP contribution >= 0.6 is 0 Å². The molecule has 1 aliphatic carbocycles. The van der Waals surface area contributed by atoms with Crippen molar-refractivity contribution in [2.45, 2.75) is 38.1 Å². The standard InChI is InChI=1S/C15H30N4O/c1-17(14-5-6-14)15(20)13-19-11-9-18(10-12-19)8-4-2-3-7-16/h14H,2-13,16H2,1H3. The van der Waals surface area contributed by atoms with E-state index >= 15 is 0 Å². The van der Waals surface area contributed by atoms with Crippen LogP contribution in [0, 0.1) is 0 Å². The highest BCUT2D eigenvalue weighted by Crippen LogP contribution is 2.25. The molecule has 0 radical (unpaired) electrons. The normalized spacial score (nSPS) is 21.1. The molecule has 0 aromatic heterocycles. The maximum Gasteiger partial charge on any atom is 0.236 e. The molecule has 0 aromatic rings. The first-order valence-electron chi connectivity index (χ1n) is 8.11. The molecular weight excluding hydrogens is 252 g/mol. The Hall–Kier alpha value is -0.650. The van der Waals surface area contributed by atoms with Gasteiger partial charge in [-0.2, -0.15) is 0 Å². The summed E-state index contributed by atoms with van der Waals surface area (Å²) in [4.78, 5) is 18.8. The SMILES string of the molecule is CN(C(=O)CN1CCN(CCCCCN)CC1)C1CC1. The van der Waals surface area contributed by atoms with E-state index in [1.54, 1.807) is 0 Å². The van der Waals surface area contributed by atoms with Crippen LogP contribution in [0.1, 0.15) is 32.1 Å². The number of likely N-dealkylation sites (N-methyl/N-ethyl adjacent to an activating group) is 1. The van der Waals surface area contributed by atoms with Gasteiger partial charge in [0.2, 0.25) is 5.91 Å². The maximum absolute atomic E-state index is 12.1. The van der Waals surface area contributed by atoms with Crippen LogP contribution in [0.3, 0.4) is 0 Å². The molecule has 1 heterocycles. The van der Waals surface area contributed by atoms with Crippen LogP contribution in [-0.2, 0) is 4.79 Å². The van der Waals surface area contributed by atoms with Crippen LogP contribution in [0.4, 0.5) is 0 Å². The Labute approximate surface area is 123 Å². The van der Waals surface area contributed by atoms with Crippen molar-refractivity contribution < 1.29 is 4.79 Å². The lowest BCUT2D eigenvalue weighted by Crippen LogP contribution is -2.50. The third-order valence-electron chi connectivity index (χ3n) is 4.49. The fourth-order valence-corrected chi connectivity index (χ4v) is 2.80. The summed E-state index contributed by atoms with van der Waals surface area (Å²) in [5.41, 5.74) is 5.51. The van der Waals surface area contributed by atoms with Gasteiger partial charge < -0.3 is 15.5 Å². The van der Waals surface area contributed by atoms with Gasteiger partial charge in [-0.3, -0.25) is 9.69 Å². The predicted molar refractivity (Wildman–Crippen MR) is 81.6 cm³/mol. The summed E-state index contributed by atoms with van der Waals surface area (Å²) in [6.45, 7) is 6.86. The van der Waals surface area contributed by atoms with Gasteiger partial charge in [0.1, 0.15) is 0 Å². The van der Waals surface area contributed by atoms with Crippen molar-refractivity contribution in [1.82, 2.24) is 14.7 Å². The predicted octanol–water partition coefficient (Wildman–Crippen LogP) is 0.354. The zero-order valence-electron chi connectivity index (χ0n) is 12.9. The Kier molecular flexibility index (Phi) is 6.26. The van der Waals surface area contributed by atoms with Crippen molar-refractivity contribution in [3.63, 3.8) is 0 Å². The smallest absolute Gasteiger partial charge is 0.236 e. The molecule has 0 bridgehead atoms. The molecule has 1 saturated heterocycles. The van der Waals surface area contributed by atoms with E-state index in [1.807, 2.05) is 11.9 Å². The van der Waals surface area contributed by atoms with E-state index in [0.29, 0.717) is 18.5 Å². The summed E-state index contributed by atoms with van der Waals surface area (Å²) in [7, 11) is 1.95. The summed E-state index contributed by atoms with van der Waals surface area (Å²) >= 11 is 0. The lowest BCUT2D eigenvalue weighted by molar-refractivity contribution is -0.132. The summed E-state index contributed by atoms with van der Waals surface area (Å²) in [6.07, 6.45) is 6.02. The molecule has 0 aromatic carbocycles. The molecule has 20 heavy (non-hydrogen) atoms. The quantitative estimate of drug-likeness (QED) is 0.653. The molecule has 5 heteroatoms. The fourth-order valence-electron chi connectivity index (χ4n) is 2.80. The highest BCUT2D eigenvalue weighted by Gasteiger charge is 2.30. The van der Waals surface area contributed by atoms with Gasteiger partial charge in [-0.1, -0.05) is 6.42 Å². The van der Waals surface area contributed by atoms with Crippen LogP contribution in [0.15, 0.2) is 0 Å². The Morgan fingerprint density at radius 3 is 2.35 bits per heavy atom. The second kappa shape index (κ2) is 7.96. The number of hydrogen-bond donors (Lipinski definition) is 1. The first-order valence-corrected chi connectivity index (χ1v) is 8.11. The highest BCUT2D eigenvalue weighted by atomic mass is 16.2. The van der Waals surface area contributed by atoms with Crippen molar-refractivity contribution >= 4 is 5.91 Å². The minimum Gasteiger partial charge on any atom is -0.342 e. The Morgan fingerprint density at radius 2 is 1.75 bits per heavy atom. The molecule has 1 aliphatic heterocycles. The summed E-state index contributed by atoms with van der Waals surface area (Å²) < 4.78 is 0. The summed E-state index contributed by atoms with van der Waals surface area (Å²) in [5, 5.41) is 0. The Morgan fingerprint density at radius 1 is 1.10 bits per heavy atom. The number of amides is 1. The largest absolute Gasteiger partial charge is 0.342 e. The van der Waals surface area contributed by atoms with Crippen molar-refractivity contribution in [3.05, 3.63) is 0 Å². The molecule has 2 fully saturated rings. The number of nitrogens with zero attached hydrogens (tertiary/aromatic N) is 3. The van der Waals surface area contributed by atoms with Crippen molar-refractivity contribution in [2.24, 2.45) is 5.73 Å². The third kappa shape index (κ3) is 5.04. The van der Waals surface area contributed by atoms with Gasteiger partial charge in [-0.25, -0.2) is 0 Å². The Balaban J connectivity index is 1.57. The van der Waals surface area contributed by atoms with Crippen LogP contribution in [-0.4, -0.2) is 79.5 Å². The number of carbonyl (C=O) groups is 1. The number of nitrogens with two attached hydrogens (primary N) is 1. The lowest BCUT2D eigenvalue weighted by Gasteiger charge is -2.35. The molecule has 5 nitrogen and oxygen atoms in total. The molecular formula is C15H30N4O. The van der Waals surface area contributed by atoms with Gasteiger partial charge in [0.25, 0.3) is 0 Å². The van der Waals surface area contributed by atoms with Crippen LogP contribution in [0.25, 0.3) is 0 Å². The van der Waals surface area contributed by atoms with Crippen molar-refractivity contribution in [3.8, 4) is 0 Å². The van der Waals surface area contributed by atoms with E-state index in [2.05, 4.69) is 9.80 Å². The first kappa shape index (κ1) is 15.7. The number of piperazine rings is 1. The monoisotopic (exact) mass is 282 g/mol. The second-order valence-electron chi connectivity index (χ2n) is 6.20. The summed E-state index contributed by atoms with van der Waals surface area (Å²) in [6, 6.07) is 0.534. The summed E-state index contributed by atoms with van der Waals surface area (Å²) in [5.74, 6) is 0.295. The molecule has 116 valence electrons. The van der Waals surface area contributed by atoms with Crippen molar-refractivity contribution in [1.29, 1.82) is 0 Å². The zero-order valence-corrected chi connectivity index (χ0v) is 12.9. The van der Waals surface area contributed by atoms with Gasteiger partial charge >= 0.3 is 0 Å². The number of rotatable bonds is 8. The van der Waals surface area contributed by atoms with Crippen molar-refractivity contribution in [2.75, 3.05) is 52.9 Å². The number of carbonyl (C=O) groups excluding carboxylic acids is 1. The molecule has 0 atom stereocenters.